The second-order valence-corrected chi connectivity index (χ2v) is 9.37. The van der Waals surface area contributed by atoms with E-state index in [2.05, 4.69) is 96.4 Å². The molecule has 3 aromatic carbocycles. The van der Waals surface area contributed by atoms with Crippen LogP contribution in [0.5, 0.6) is 0 Å². The van der Waals surface area contributed by atoms with E-state index in [1.807, 2.05) is 0 Å². The predicted octanol–water partition coefficient (Wildman–Crippen LogP) is 5.91. The summed E-state index contributed by atoms with van der Waals surface area (Å²) in [5.41, 5.74) is 6.62. The molecular formula is C29H33N2O+. The molecule has 1 N–H and O–H groups in total. The summed E-state index contributed by atoms with van der Waals surface area (Å²) >= 11 is 0. The summed E-state index contributed by atoms with van der Waals surface area (Å²) in [6, 6.07) is 22.0. The maximum atomic E-state index is 9.88. The van der Waals surface area contributed by atoms with Crippen LogP contribution in [0.2, 0.25) is 0 Å². The lowest BCUT2D eigenvalue weighted by atomic mass is 9.67. The quantitative estimate of drug-likeness (QED) is 0.514. The van der Waals surface area contributed by atoms with E-state index in [1.54, 1.807) is 0 Å². The minimum absolute atomic E-state index is 0.0693. The Balaban J connectivity index is 1.65. The van der Waals surface area contributed by atoms with Gasteiger partial charge in [0.15, 0.2) is 12.3 Å². The summed E-state index contributed by atoms with van der Waals surface area (Å²) in [5, 5.41) is 12.4. The van der Waals surface area contributed by atoms with Crippen LogP contribution in [0.4, 0.5) is 11.4 Å². The molecule has 3 heteroatoms. The Kier molecular flexibility index (Phi) is 5.60. The van der Waals surface area contributed by atoms with E-state index in [9.17, 15) is 5.11 Å². The smallest absolute Gasteiger partial charge is 0.209 e. The van der Waals surface area contributed by atoms with Crippen molar-refractivity contribution in [3.05, 3.63) is 77.9 Å². The van der Waals surface area contributed by atoms with Crippen molar-refractivity contribution in [2.75, 3.05) is 32.1 Å². The zero-order valence-electron chi connectivity index (χ0n) is 19.2. The van der Waals surface area contributed by atoms with Crippen molar-refractivity contribution in [3.63, 3.8) is 0 Å². The maximum Gasteiger partial charge on any atom is 0.209 e. The van der Waals surface area contributed by atoms with E-state index >= 15 is 0 Å². The average molecular weight is 426 g/mol. The number of benzene rings is 3. The summed E-state index contributed by atoms with van der Waals surface area (Å²) in [7, 11) is 4.20. The normalized spacial score (nSPS) is 17.5. The lowest BCUT2D eigenvalue weighted by molar-refractivity contribution is -0.441. The molecule has 1 saturated carbocycles. The van der Waals surface area contributed by atoms with Gasteiger partial charge in [-0.1, -0.05) is 67.8 Å². The molecule has 1 aliphatic heterocycles. The largest absolute Gasteiger partial charge is 0.390 e. The van der Waals surface area contributed by atoms with Gasteiger partial charge in [-0.25, -0.2) is 0 Å². The van der Waals surface area contributed by atoms with Crippen molar-refractivity contribution < 1.29 is 9.68 Å². The third-order valence-corrected chi connectivity index (χ3v) is 7.36. The van der Waals surface area contributed by atoms with Crippen molar-refractivity contribution in [1.82, 2.24) is 0 Å². The van der Waals surface area contributed by atoms with Gasteiger partial charge in [0, 0.05) is 42.9 Å². The van der Waals surface area contributed by atoms with Crippen molar-refractivity contribution in [1.29, 1.82) is 0 Å². The Bertz CT molecular complexity index is 1200. The number of hydrogen-bond acceptors (Lipinski definition) is 2. The lowest BCUT2D eigenvalue weighted by Gasteiger charge is -2.31. The summed E-state index contributed by atoms with van der Waals surface area (Å²) in [6.07, 6.45) is 10.9. The zero-order valence-corrected chi connectivity index (χ0v) is 19.2. The van der Waals surface area contributed by atoms with Gasteiger partial charge in [0.25, 0.3) is 0 Å². The summed E-state index contributed by atoms with van der Waals surface area (Å²) < 4.78 is 2.37. The molecule has 0 saturated heterocycles. The van der Waals surface area contributed by atoms with Gasteiger partial charge in [0.1, 0.15) is 6.61 Å². The molecule has 0 amide bonds. The van der Waals surface area contributed by atoms with Crippen molar-refractivity contribution in [2.24, 2.45) is 0 Å². The number of fused-ring (bicyclic) bond motifs is 3. The number of nitrogens with zero attached hydrogens (tertiary/aromatic N) is 2. The monoisotopic (exact) mass is 425 g/mol. The molecular weight excluding hydrogens is 392 g/mol. The van der Waals surface area contributed by atoms with Gasteiger partial charge in [0.2, 0.25) is 5.69 Å². The lowest BCUT2D eigenvalue weighted by Crippen LogP contribution is -2.36. The molecule has 3 aromatic rings. The number of anilines is 1. The van der Waals surface area contributed by atoms with Crippen LogP contribution in [-0.2, 0) is 5.41 Å². The van der Waals surface area contributed by atoms with Crippen molar-refractivity contribution in [3.8, 4) is 0 Å². The Morgan fingerprint density at radius 3 is 2.34 bits per heavy atom. The molecule has 5 rings (SSSR count). The minimum atomic E-state index is 0.0693. The number of para-hydroxylation sites is 1. The van der Waals surface area contributed by atoms with Crippen molar-refractivity contribution in [2.45, 2.75) is 37.5 Å². The van der Waals surface area contributed by atoms with E-state index in [-0.39, 0.29) is 12.0 Å². The Hall–Kier alpha value is -2.91. The first kappa shape index (κ1) is 21.0. The molecule has 3 nitrogen and oxygen atoms in total. The molecule has 1 spiro atoms. The Labute approximate surface area is 191 Å². The van der Waals surface area contributed by atoms with Crippen LogP contribution in [-0.4, -0.2) is 42.6 Å². The second-order valence-electron chi connectivity index (χ2n) is 9.37. The first-order valence-electron chi connectivity index (χ1n) is 11.9. The zero-order chi connectivity index (χ0) is 22.1. The molecule has 32 heavy (non-hydrogen) atoms. The van der Waals surface area contributed by atoms with Crippen LogP contribution in [0.25, 0.3) is 16.8 Å². The number of aliphatic hydroxyl groups is 1. The average Bonchev–Trinajstić information content (AvgIpc) is 3.06. The van der Waals surface area contributed by atoms with E-state index in [0.29, 0.717) is 6.54 Å². The number of allylic oxidation sites excluding steroid dienone is 1. The molecule has 0 aromatic heterocycles. The number of rotatable bonds is 5. The highest BCUT2D eigenvalue weighted by Crippen LogP contribution is 2.49. The molecule has 0 unspecified atom stereocenters. The summed E-state index contributed by atoms with van der Waals surface area (Å²) in [6.45, 7) is 0.793. The molecule has 2 aliphatic rings. The van der Waals surface area contributed by atoms with Crippen LogP contribution < -0.4 is 4.90 Å². The molecule has 0 bridgehead atoms. The third-order valence-electron chi connectivity index (χ3n) is 7.36. The molecule has 1 fully saturated rings. The molecule has 1 heterocycles. The fourth-order valence-corrected chi connectivity index (χ4v) is 5.92. The summed E-state index contributed by atoms with van der Waals surface area (Å²) in [5.74, 6) is 0. The standard InChI is InChI=1S/C29H33N2O/c1-30(2)26-16-14-22(23-10-4-5-11-24(23)26)15-17-28-29(18-8-3-9-19-29)25-12-6-7-13-27(25)31(28)20-21-32/h4-7,10-17,32H,3,8-9,18-21H2,1-2H3/q+1. The third kappa shape index (κ3) is 3.36. The highest BCUT2D eigenvalue weighted by atomic mass is 16.3. The topological polar surface area (TPSA) is 26.5 Å². The van der Waals surface area contributed by atoms with Crippen LogP contribution in [0.1, 0.15) is 43.2 Å². The van der Waals surface area contributed by atoms with Gasteiger partial charge in [-0.3, -0.25) is 0 Å². The Morgan fingerprint density at radius 2 is 1.59 bits per heavy atom. The molecule has 0 radical (unpaired) electrons. The van der Waals surface area contributed by atoms with E-state index in [0.717, 1.165) is 0 Å². The second kappa shape index (κ2) is 8.55. The van der Waals surface area contributed by atoms with Gasteiger partial charge >= 0.3 is 0 Å². The first-order valence-corrected chi connectivity index (χ1v) is 11.9. The molecule has 0 atom stereocenters. The predicted molar refractivity (Wildman–Crippen MR) is 135 cm³/mol. The van der Waals surface area contributed by atoms with Gasteiger partial charge < -0.3 is 10.0 Å². The van der Waals surface area contributed by atoms with Gasteiger partial charge in [-0.15, -0.1) is 0 Å². The molecule has 164 valence electrons. The first-order chi connectivity index (χ1) is 15.7. The number of hydrogen-bond donors (Lipinski definition) is 1. The highest BCUT2D eigenvalue weighted by Gasteiger charge is 2.50. The van der Waals surface area contributed by atoms with Crippen molar-refractivity contribution >= 4 is 33.9 Å². The van der Waals surface area contributed by atoms with E-state index < -0.39 is 0 Å². The number of β-amino-alcohol motifs (C(OH)–C–C–N with tert-alkyl or cyclic N) is 1. The van der Waals surface area contributed by atoms with Crippen LogP contribution in [0, 0.1) is 0 Å². The van der Waals surface area contributed by atoms with Gasteiger partial charge in [-0.05, 0) is 35.9 Å². The van der Waals surface area contributed by atoms with E-state index in [4.69, 9.17) is 0 Å². The fourth-order valence-electron chi connectivity index (χ4n) is 5.92. The SMILES string of the molecule is CN(C)c1ccc(/C=C/C2=[N+](CCO)c3ccccc3C23CCCCC3)c2ccccc12. The molecule has 1 aliphatic carbocycles. The summed E-state index contributed by atoms with van der Waals surface area (Å²) in [4.78, 5) is 2.18. The van der Waals surface area contributed by atoms with Gasteiger partial charge in [0.05, 0.1) is 5.41 Å². The van der Waals surface area contributed by atoms with Crippen LogP contribution in [0.15, 0.2) is 66.7 Å². The van der Waals surface area contributed by atoms with E-state index in [1.165, 1.54) is 71.1 Å². The Morgan fingerprint density at radius 1 is 0.875 bits per heavy atom. The maximum absolute atomic E-state index is 9.88. The van der Waals surface area contributed by atoms with Crippen LogP contribution >= 0.6 is 0 Å². The fraction of sp³-hybridized carbons (Fsp3) is 0.345. The highest BCUT2D eigenvalue weighted by molar-refractivity contribution is 6.08. The minimum Gasteiger partial charge on any atom is -0.390 e. The number of aliphatic hydroxyl groups excluding tert-OH is 1. The van der Waals surface area contributed by atoms with Gasteiger partial charge in [-0.2, -0.15) is 4.58 Å². The van der Waals surface area contributed by atoms with Crippen LogP contribution in [0.3, 0.4) is 0 Å².